The number of pyridine rings is 1. The molecule has 3 nitrogen and oxygen atoms in total. The van der Waals surface area contributed by atoms with Crippen LogP contribution in [0.2, 0.25) is 0 Å². The van der Waals surface area contributed by atoms with E-state index >= 15 is 0 Å². The lowest BCUT2D eigenvalue weighted by molar-refractivity contribution is 1.24. The molecule has 0 fully saturated rings. The van der Waals surface area contributed by atoms with Gasteiger partial charge in [-0.15, -0.1) is 0 Å². The Morgan fingerprint density at radius 1 is 1.55 bits per heavy atom. The van der Waals surface area contributed by atoms with Crippen molar-refractivity contribution in [2.75, 3.05) is 5.73 Å². The van der Waals surface area contributed by atoms with Crippen LogP contribution >= 0.6 is 11.5 Å². The van der Waals surface area contributed by atoms with Gasteiger partial charge in [-0.2, -0.15) is 4.37 Å². The van der Waals surface area contributed by atoms with Gasteiger partial charge >= 0.3 is 0 Å². The highest BCUT2D eigenvalue weighted by atomic mass is 32.1. The maximum Gasteiger partial charge on any atom is 0.145 e. The Balaban J connectivity index is 2.94. The first kappa shape index (κ1) is 6.54. The molecule has 11 heavy (non-hydrogen) atoms. The summed E-state index contributed by atoms with van der Waals surface area (Å²) in [5, 5.41) is 1.02. The van der Waals surface area contributed by atoms with E-state index < -0.39 is 0 Å². The van der Waals surface area contributed by atoms with Crippen LogP contribution in [0.15, 0.2) is 12.3 Å². The van der Waals surface area contributed by atoms with Gasteiger partial charge in [-0.25, -0.2) is 0 Å². The summed E-state index contributed by atoms with van der Waals surface area (Å²) in [5.41, 5.74) is 6.61. The fourth-order valence-corrected chi connectivity index (χ4v) is 1.76. The lowest BCUT2D eigenvalue weighted by Gasteiger charge is -1.91. The molecule has 0 aliphatic rings. The molecule has 4 heteroatoms. The second kappa shape index (κ2) is 2.17. The topological polar surface area (TPSA) is 51.8 Å². The van der Waals surface area contributed by atoms with Gasteiger partial charge in [0.15, 0.2) is 0 Å². The first-order chi connectivity index (χ1) is 5.29. The van der Waals surface area contributed by atoms with Crippen LogP contribution in [-0.2, 0) is 0 Å². The summed E-state index contributed by atoms with van der Waals surface area (Å²) >= 11 is 1.40. The van der Waals surface area contributed by atoms with E-state index in [-0.39, 0.29) is 0 Å². The van der Waals surface area contributed by atoms with Crippen LogP contribution in [0, 0.1) is 6.92 Å². The zero-order chi connectivity index (χ0) is 7.84. The second-order valence-corrected chi connectivity index (χ2v) is 3.11. The van der Waals surface area contributed by atoms with Crippen LogP contribution in [0.1, 0.15) is 5.69 Å². The molecule has 2 aromatic rings. The number of nitrogens with two attached hydrogens (primary N) is 1. The van der Waals surface area contributed by atoms with Crippen LogP contribution in [0.3, 0.4) is 0 Å². The van der Waals surface area contributed by atoms with Crippen molar-refractivity contribution in [2.24, 2.45) is 0 Å². The second-order valence-electron chi connectivity index (χ2n) is 2.34. The van der Waals surface area contributed by atoms with Crippen LogP contribution in [0.25, 0.3) is 10.1 Å². The fourth-order valence-electron chi connectivity index (χ4n) is 1.01. The van der Waals surface area contributed by atoms with Crippen molar-refractivity contribution in [3.8, 4) is 0 Å². The Bertz CT molecular complexity index is 393. The van der Waals surface area contributed by atoms with Gasteiger partial charge in [0.2, 0.25) is 0 Å². The maximum atomic E-state index is 5.62. The molecule has 2 N–H and O–H groups in total. The minimum absolute atomic E-state index is 0.607. The van der Waals surface area contributed by atoms with E-state index in [1.165, 1.54) is 11.5 Å². The minimum atomic E-state index is 0.607. The molecule has 0 radical (unpaired) electrons. The van der Waals surface area contributed by atoms with Crippen molar-refractivity contribution in [1.29, 1.82) is 0 Å². The summed E-state index contributed by atoms with van der Waals surface area (Å²) in [6, 6.07) is 1.89. The summed E-state index contributed by atoms with van der Waals surface area (Å²) in [6.45, 7) is 1.96. The van der Waals surface area contributed by atoms with E-state index in [9.17, 15) is 0 Å². The zero-order valence-corrected chi connectivity index (χ0v) is 6.85. The predicted molar refractivity (Wildman–Crippen MR) is 46.6 cm³/mol. The number of hydrogen-bond donors (Lipinski definition) is 1. The average Bonchev–Trinajstić information content (AvgIpc) is 2.35. The Morgan fingerprint density at radius 3 is 3.09 bits per heavy atom. The smallest absolute Gasteiger partial charge is 0.145 e. The number of anilines is 1. The Kier molecular flexibility index (Phi) is 1.29. The van der Waals surface area contributed by atoms with Crippen LogP contribution in [0.4, 0.5) is 5.82 Å². The Labute approximate surface area is 68.0 Å². The zero-order valence-electron chi connectivity index (χ0n) is 6.03. The van der Waals surface area contributed by atoms with Gasteiger partial charge in [-0.3, -0.25) is 4.98 Å². The number of rotatable bonds is 0. The van der Waals surface area contributed by atoms with Crippen LogP contribution in [0.5, 0.6) is 0 Å². The Hall–Kier alpha value is -1.16. The highest BCUT2D eigenvalue weighted by Gasteiger charge is 2.03. The maximum absolute atomic E-state index is 5.62. The molecule has 56 valence electrons. The third-order valence-electron chi connectivity index (χ3n) is 1.59. The van der Waals surface area contributed by atoms with E-state index in [0.717, 1.165) is 15.8 Å². The number of hydrogen-bond acceptors (Lipinski definition) is 4. The Morgan fingerprint density at radius 2 is 2.36 bits per heavy atom. The van der Waals surface area contributed by atoms with E-state index in [0.29, 0.717) is 5.82 Å². The SMILES string of the molecule is Cc1nccc2c(N)nsc12. The van der Waals surface area contributed by atoms with Gasteiger partial charge in [0, 0.05) is 11.6 Å². The van der Waals surface area contributed by atoms with Gasteiger partial charge < -0.3 is 5.73 Å². The monoisotopic (exact) mass is 165 g/mol. The first-order valence-corrected chi connectivity index (χ1v) is 4.03. The van der Waals surface area contributed by atoms with Crippen molar-refractivity contribution >= 4 is 27.4 Å². The van der Waals surface area contributed by atoms with Gasteiger partial charge in [-0.05, 0) is 24.5 Å². The number of aromatic nitrogens is 2. The lowest BCUT2D eigenvalue weighted by Crippen LogP contribution is -1.84. The van der Waals surface area contributed by atoms with E-state index in [1.54, 1.807) is 6.20 Å². The quantitative estimate of drug-likeness (QED) is 0.644. The molecule has 0 atom stereocenters. The van der Waals surface area contributed by atoms with Crippen LogP contribution in [-0.4, -0.2) is 9.36 Å². The molecule has 0 aromatic carbocycles. The largest absolute Gasteiger partial charge is 0.382 e. The van der Waals surface area contributed by atoms with Crippen molar-refractivity contribution < 1.29 is 0 Å². The summed E-state index contributed by atoms with van der Waals surface area (Å²) in [4.78, 5) is 4.14. The molecular formula is C7H7N3S. The molecule has 2 aromatic heterocycles. The van der Waals surface area contributed by atoms with E-state index in [2.05, 4.69) is 9.36 Å². The molecule has 0 unspecified atom stereocenters. The normalized spacial score (nSPS) is 10.6. The fraction of sp³-hybridized carbons (Fsp3) is 0.143. The molecule has 0 saturated carbocycles. The van der Waals surface area contributed by atoms with Crippen molar-refractivity contribution in [3.63, 3.8) is 0 Å². The molecule has 0 aliphatic heterocycles. The number of fused-ring (bicyclic) bond motifs is 1. The third-order valence-corrected chi connectivity index (χ3v) is 2.58. The molecule has 2 heterocycles. The molecule has 0 saturated heterocycles. The predicted octanol–water partition coefficient (Wildman–Crippen LogP) is 1.58. The van der Waals surface area contributed by atoms with Gasteiger partial charge in [0.25, 0.3) is 0 Å². The van der Waals surface area contributed by atoms with Crippen molar-refractivity contribution in [1.82, 2.24) is 9.36 Å². The summed E-state index contributed by atoms with van der Waals surface area (Å²) in [7, 11) is 0. The molecule has 0 bridgehead atoms. The summed E-state index contributed by atoms with van der Waals surface area (Å²) in [6.07, 6.45) is 1.75. The van der Waals surface area contributed by atoms with E-state index in [4.69, 9.17) is 5.73 Å². The number of nitrogen functional groups attached to an aromatic ring is 1. The van der Waals surface area contributed by atoms with E-state index in [1.807, 2.05) is 13.0 Å². The number of nitrogens with zero attached hydrogens (tertiary/aromatic N) is 2. The van der Waals surface area contributed by atoms with Crippen molar-refractivity contribution in [2.45, 2.75) is 6.92 Å². The number of aryl methyl sites for hydroxylation is 1. The summed E-state index contributed by atoms with van der Waals surface area (Å²) < 4.78 is 5.12. The van der Waals surface area contributed by atoms with Crippen LogP contribution < -0.4 is 5.73 Å². The molecule has 0 aliphatic carbocycles. The highest BCUT2D eigenvalue weighted by molar-refractivity contribution is 7.13. The van der Waals surface area contributed by atoms with Gasteiger partial charge in [0.05, 0.1) is 10.4 Å². The minimum Gasteiger partial charge on any atom is -0.382 e. The van der Waals surface area contributed by atoms with Crippen molar-refractivity contribution in [3.05, 3.63) is 18.0 Å². The lowest BCUT2D eigenvalue weighted by atomic mass is 10.3. The summed E-state index contributed by atoms with van der Waals surface area (Å²) in [5.74, 6) is 0.607. The molecule has 2 rings (SSSR count). The van der Waals surface area contributed by atoms with Gasteiger partial charge in [0.1, 0.15) is 5.82 Å². The first-order valence-electron chi connectivity index (χ1n) is 3.25. The average molecular weight is 165 g/mol. The van der Waals surface area contributed by atoms with Gasteiger partial charge in [-0.1, -0.05) is 0 Å². The molecular weight excluding hydrogens is 158 g/mol. The molecule has 0 spiro atoms. The third kappa shape index (κ3) is 0.867. The molecule has 0 amide bonds. The highest BCUT2D eigenvalue weighted by Crippen LogP contribution is 2.25. The standard InChI is InChI=1S/C7H7N3S/c1-4-6-5(2-3-9-4)7(8)10-11-6/h2-3H,1H3,(H2,8,10).